The molecule has 1 fully saturated rings. The van der Waals surface area contributed by atoms with Crippen LogP contribution in [0.1, 0.15) is 46.0 Å². The summed E-state index contributed by atoms with van der Waals surface area (Å²) in [5.74, 6) is 0.434. The first-order chi connectivity index (χ1) is 7.02. The summed E-state index contributed by atoms with van der Waals surface area (Å²) in [6, 6.07) is 0.287. The second-order valence-corrected chi connectivity index (χ2v) is 4.79. The van der Waals surface area contributed by atoms with Gasteiger partial charge in [-0.1, -0.05) is 19.3 Å². The first kappa shape index (κ1) is 12.3. The van der Waals surface area contributed by atoms with E-state index in [-0.39, 0.29) is 6.04 Å². The molecule has 0 aromatic heterocycles. The molecule has 0 amide bonds. The van der Waals surface area contributed by atoms with Gasteiger partial charge in [0.1, 0.15) is 0 Å². The molecule has 0 aliphatic heterocycles. The Bertz CT molecular complexity index is 220. The van der Waals surface area contributed by atoms with Gasteiger partial charge in [-0.2, -0.15) is 0 Å². The molecular weight excluding hydrogens is 190 g/mol. The molecule has 1 rings (SSSR count). The quantitative estimate of drug-likeness (QED) is 0.484. The van der Waals surface area contributed by atoms with Crippen LogP contribution < -0.4 is 11.1 Å². The summed E-state index contributed by atoms with van der Waals surface area (Å²) in [6.07, 6.45) is 5.13. The third kappa shape index (κ3) is 4.51. The van der Waals surface area contributed by atoms with Gasteiger partial charge in [0.2, 0.25) is 0 Å². The molecule has 88 valence electrons. The molecule has 0 unspecified atom stereocenters. The second-order valence-electron chi connectivity index (χ2n) is 4.79. The molecule has 0 bridgehead atoms. The average Bonchev–Trinajstić information content (AvgIpc) is 2.15. The lowest BCUT2D eigenvalue weighted by molar-refractivity contribution is 0.0132. The van der Waals surface area contributed by atoms with E-state index in [1.54, 1.807) is 0 Å². The molecule has 1 aliphatic rings. The van der Waals surface area contributed by atoms with E-state index in [9.17, 15) is 5.11 Å². The number of nitrogens with two attached hydrogens (primary N) is 1. The van der Waals surface area contributed by atoms with Crippen molar-refractivity contribution >= 4 is 5.96 Å². The Kier molecular flexibility index (Phi) is 4.39. The van der Waals surface area contributed by atoms with Crippen LogP contribution in [0, 0.1) is 0 Å². The summed E-state index contributed by atoms with van der Waals surface area (Å²) in [6.45, 7) is 4.45. The number of aliphatic imine (C=N–C) groups is 1. The molecule has 0 saturated heterocycles. The Morgan fingerprint density at radius 3 is 2.53 bits per heavy atom. The maximum atomic E-state index is 10.2. The number of hydrogen-bond donors (Lipinski definition) is 3. The van der Waals surface area contributed by atoms with Gasteiger partial charge in [0, 0.05) is 6.04 Å². The summed E-state index contributed by atoms with van der Waals surface area (Å²) in [7, 11) is 0. The number of rotatable bonds is 3. The van der Waals surface area contributed by atoms with Crippen molar-refractivity contribution < 1.29 is 5.11 Å². The van der Waals surface area contributed by atoms with E-state index in [1.165, 1.54) is 6.42 Å². The van der Waals surface area contributed by atoms with E-state index >= 15 is 0 Å². The molecule has 15 heavy (non-hydrogen) atoms. The Morgan fingerprint density at radius 1 is 1.40 bits per heavy atom. The predicted octanol–water partition coefficient (Wildman–Crippen LogP) is 0.994. The summed E-state index contributed by atoms with van der Waals surface area (Å²) in [4.78, 5) is 4.19. The first-order valence-electron chi connectivity index (χ1n) is 5.81. The molecule has 1 saturated carbocycles. The van der Waals surface area contributed by atoms with Gasteiger partial charge >= 0.3 is 0 Å². The molecule has 0 aromatic rings. The second kappa shape index (κ2) is 5.35. The SMILES string of the molecule is CC(C)NC(N)=NCC1(O)CCCCC1. The van der Waals surface area contributed by atoms with Gasteiger partial charge in [0.05, 0.1) is 12.1 Å². The minimum atomic E-state index is -0.610. The van der Waals surface area contributed by atoms with E-state index in [0.717, 1.165) is 25.7 Å². The number of aliphatic hydroxyl groups is 1. The Hall–Kier alpha value is -0.770. The van der Waals surface area contributed by atoms with Gasteiger partial charge in [0.15, 0.2) is 5.96 Å². The molecule has 0 heterocycles. The van der Waals surface area contributed by atoms with Crippen molar-refractivity contribution in [2.24, 2.45) is 10.7 Å². The smallest absolute Gasteiger partial charge is 0.188 e. The lowest BCUT2D eigenvalue weighted by Crippen LogP contribution is -2.40. The van der Waals surface area contributed by atoms with Gasteiger partial charge in [-0.15, -0.1) is 0 Å². The minimum absolute atomic E-state index is 0.287. The van der Waals surface area contributed by atoms with Crippen LogP contribution in [0.25, 0.3) is 0 Å². The molecular formula is C11H23N3O. The highest BCUT2D eigenvalue weighted by molar-refractivity contribution is 5.78. The molecule has 0 radical (unpaired) electrons. The van der Waals surface area contributed by atoms with Crippen LogP contribution in [-0.2, 0) is 0 Å². The highest BCUT2D eigenvalue weighted by Gasteiger charge is 2.28. The van der Waals surface area contributed by atoms with Crippen LogP contribution in [0.3, 0.4) is 0 Å². The molecule has 0 aromatic carbocycles. The van der Waals surface area contributed by atoms with Crippen molar-refractivity contribution in [2.45, 2.75) is 57.6 Å². The van der Waals surface area contributed by atoms with Gasteiger partial charge in [0.25, 0.3) is 0 Å². The average molecular weight is 213 g/mol. The zero-order valence-electron chi connectivity index (χ0n) is 9.79. The summed E-state index contributed by atoms with van der Waals surface area (Å²) >= 11 is 0. The van der Waals surface area contributed by atoms with Crippen molar-refractivity contribution in [3.63, 3.8) is 0 Å². The fourth-order valence-corrected chi connectivity index (χ4v) is 1.94. The van der Waals surface area contributed by atoms with Crippen molar-refractivity contribution in [1.29, 1.82) is 0 Å². The molecule has 0 atom stereocenters. The number of hydrogen-bond acceptors (Lipinski definition) is 2. The van der Waals surface area contributed by atoms with Crippen LogP contribution in [0.15, 0.2) is 4.99 Å². The van der Waals surface area contributed by atoms with E-state index in [4.69, 9.17) is 5.73 Å². The lowest BCUT2D eigenvalue weighted by atomic mass is 9.85. The standard InChI is InChI=1S/C11H23N3O/c1-9(2)14-10(12)13-8-11(15)6-4-3-5-7-11/h9,15H,3-8H2,1-2H3,(H3,12,13,14). The highest BCUT2D eigenvalue weighted by Crippen LogP contribution is 2.27. The molecule has 4 heteroatoms. The topological polar surface area (TPSA) is 70.6 Å². The van der Waals surface area contributed by atoms with Crippen molar-refractivity contribution in [2.75, 3.05) is 6.54 Å². The summed E-state index contributed by atoms with van der Waals surface area (Å²) < 4.78 is 0. The lowest BCUT2D eigenvalue weighted by Gasteiger charge is -2.30. The molecule has 0 spiro atoms. The van der Waals surface area contributed by atoms with Gasteiger partial charge in [-0.25, -0.2) is 0 Å². The third-order valence-electron chi connectivity index (χ3n) is 2.76. The minimum Gasteiger partial charge on any atom is -0.388 e. The van der Waals surface area contributed by atoms with Crippen LogP contribution in [0.5, 0.6) is 0 Å². The largest absolute Gasteiger partial charge is 0.388 e. The maximum absolute atomic E-state index is 10.2. The van der Waals surface area contributed by atoms with Crippen LogP contribution in [0.2, 0.25) is 0 Å². The van der Waals surface area contributed by atoms with Gasteiger partial charge < -0.3 is 16.2 Å². The Morgan fingerprint density at radius 2 is 2.00 bits per heavy atom. The fraction of sp³-hybridized carbons (Fsp3) is 0.909. The number of guanidine groups is 1. The highest BCUT2D eigenvalue weighted by atomic mass is 16.3. The van der Waals surface area contributed by atoms with Crippen molar-refractivity contribution in [3.05, 3.63) is 0 Å². The predicted molar refractivity (Wildman–Crippen MR) is 62.8 cm³/mol. The first-order valence-corrected chi connectivity index (χ1v) is 5.81. The molecule has 4 N–H and O–H groups in total. The third-order valence-corrected chi connectivity index (χ3v) is 2.76. The Labute approximate surface area is 92.0 Å². The van der Waals surface area contributed by atoms with E-state index < -0.39 is 5.60 Å². The maximum Gasteiger partial charge on any atom is 0.188 e. The van der Waals surface area contributed by atoms with Crippen molar-refractivity contribution in [1.82, 2.24) is 5.32 Å². The zero-order valence-corrected chi connectivity index (χ0v) is 9.79. The number of nitrogens with zero attached hydrogens (tertiary/aromatic N) is 1. The van der Waals surface area contributed by atoms with Crippen LogP contribution >= 0.6 is 0 Å². The molecule has 4 nitrogen and oxygen atoms in total. The normalized spacial score (nSPS) is 21.7. The van der Waals surface area contributed by atoms with Crippen LogP contribution in [0.4, 0.5) is 0 Å². The van der Waals surface area contributed by atoms with E-state index in [1.807, 2.05) is 13.8 Å². The van der Waals surface area contributed by atoms with Crippen molar-refractivity contribution in [3.8, 4) is 0 Å². The Balaban J connectivity index is 2.39. The zero-order chi connectivity index (χ0) is 11.3. The van der Waals surface area contributed by atoms with E-state index in [2.05, 4.69) is 10.3 Å². The fourth-order valence-electron chi connectivity index (χ4n) is 1.94. The van der Waals surface area contributed by atoms with Gasteiger partial charge in [-0.05, 0) is 26.7 Å². The molecule has 1 aliphatic carbocycles. The summed E-state index contributed by atoms with van der Waals surface area (Å²) in [5.41, 5.74) is 5.07. The monoisotopic (exact) mass is 213 g/mol. The van der Waals surface area contributed by atoms with Crippen LogP contribution in [-0.4, -0.2) is 29.3 Å². The number of nitrogens with one attached hydrogen (secondary N) is 1. The summed E-state index contributed by atoms with van der Waals surface area (Å²) in [5, 5.41) is 13.2. The van der Waals surface area contributed by atoms with E-state index in [0.29, 0.717) is 12.5 Å². The van der Waals surface area contributed by atoms with Gasteiger partial charge in [-0.3, -0.25) is 4.99 Å².